The van der Waals surface area contributed by atoms with Gasteiger partial charge in [0.2, 0.25) is 21.8 Å². The molecule has 206 valence electrons. The fourth-order valence-corrected chi connectivity index (χ4v) is 5.08. The second kappa shape index (κ2) is 12.5. The SMILES string of the molecule is CNC(=O)C(Cc1ccccc1)N(Cc1ccc(C)cc1)C(=O)CN(c1cc([N+](=O)[O-])ccc1C)S(C)(=O)=O. The Kier molecular flexibility index (Phi) is 9.42. The number of benzene rings is 3. The molecule has 3 aromatic rings. The second-order valence-corrected chi connectivity index (χ2v) is 11.2. The average Bonchev–Trinajstić information content (AvgIpc) is 2.90. The lowest BCUT2D eigenvalue weighted by atomic mass is 10.0. The summed E-state index contributed by atoms with van der Waals surface area (Å²) >= 11 is 0. The molecule has 2 amide bonds. The number of hydrogen-bond donors (Lipinski definition) is 1. The molecule has 0 fully saturated rings. The Labute approximate surface area is 228 Å². The summed E-state index contributed by atoms with van der Waals surface area (Å²) in [5.41, 5.74) is 2.76. The summed E-state index contributed by atoms with van der Waals surface area (Å²) in [6.07, 6.45) is 1.13. The quantitative estimate of drug-likeness (QED) is 0.287. The number of nitrogens with zero attached hydrogens (tertiary/aromatic N) is 3. The molecular weight excluding hydrogens is 520 g/mol. The van der Waals surface area contributed by atoms with E-state index in [-0.39, 0.29) is 24.3 Å². The number of non-ortho nitro benzene ring substituents is 1. The number of likely N-dealkylation sites (N-methyl/N-ethyl adjacent to an activating group) is 1. The molecule has 0 saturated heterocycles. The second-order valence-electron chi connectivity index (χ2n) is 9.32. The van der Waals surface area contributed by atoms with Gasteiger partial charge in [0.15, 0.2) is 0 Å². The molecule has 0 radical (unpaired) electrons. The average molecular weight is 553 g/mol. The minimum absolute atomic E-state index is 0.0230. The number of hydrogen-bond acceptors (Lipinski definition) is 6. The van der Waals surface area contributed by atoms with E-state index >= 15 is 0 Å². The molecule has 1 atom stereocenters. The number of rotatable bonds is 11. The van der Waals surface area contributed by atoms with Crippen LogP contribution in [0.15, 0.2) is 72.8 Å². The van der Waals surface area contributed by atoms with Crippen LogP contribution >= 0.6 is 0 Å². The molecular formula is C28H32N4O6S. The Bertz CT molecular complexity index is 1440. The van der Waals surface area contributed by atoms with Crippen molar-refractivity contribution in [3.05, 3.63) is 105 Å². The summed E-state index contributed by atoms with van der Waals surface area (Å²) < 4.78 is 26.6. The zero-order valence-corrected chi connectivity index (χ0v) is 23.1. The van der Waals surface area contributed by atoms with Crippen molar-refractivity contribution in [1.29, 1.82) is 0 Å². The van der Waals surface area contributed by atoms with Crippen LogP contribution in [-0.2, 0) is 32.6 Å². The molecule has 10 nitrogen and oxygen atoms in total. The van der Waals surface area contributed by atoms with Gasteiger partial charge in [0.1, 0.15) is 12.6 Å². The maximum absolute atomic E-state index is 13.9. The summed E-state index contributed by atoms with van der Waals surface area (Å²) in [5.74, 6) is -1.03. The fourth-order valence-electron chi connectivity index (χ4n) is 4.19. The third kappa shape index (κ3) is 7.64. The third-order valence-corrected chi connectivity index (χ3v) is 7.47. The van der Waals surface area contributed by atoms with Crippen molar-refractivity contribution in [3.8, 4) is 0 Å². The molecule has 1 N–H and O–H groups in total. The number of amides is 2. The molecule has 39 heavy (non-hydrogen) atoms. The first-order valence-corrected chi connectivity index (χ1v) is 14.1. The van der Waals surface area contributed by atoms with Crippen LogP contribution in [0.5, 0.6) is 0 Å². The summed E-state index contributed by atoms with van der Waals surface area (Å²) in [4.78, 5) is 39.2. The number of sulfonamides is 1. The van der Waals surface area contributed by atoms with E-state index in [0.29, 0.717) is 5.56 Å². The van der Waals surface area contributed by atoms with Crippen LogP contribution in [0, 0.1) is 24.0 Å². The molecule has 3 aromatic carbocycles. The molecule has 0 aromatic heterocycles. The van der Waals surface area contributed by atoms with E-state index in [1.807, 2.05) is 61.5 Å². The summed E-state index contributed by atoms with van der Waals surface area (Å²) in [6.45, 7) is 2.94. The van der Waals surface area contributed by atoms with Crippen LogP contribution in [0.25, 0.3) is 0 Å². The van der Waals surface area contributed by atoms with Crippen molar-refractivity contribution in [3.63, 3.8) is 0 Å². The van der Waals surface area contributed by atoms with Crippen molar-refractivity contribution >= 4 is 33.2 Å². The minimum Gasteiger partial charge on any atom is -0.357 e. The fraction of sp³-hybridized carbons (Fsp3) is 0.286. The third-order valence-electron chi connectivity index (χ3n) is 6.34. The first-order chi connectivity index (χ1) is 18.4. The molecule has 0 saturated carbocycles. The van der Waals surface area contributed by atoms with E-state index in [0.717, 1.165) is 33.3 Å². The first-order valence-electron chi connectivity index (χ1n) is 12.2. The number of carbonyl (C=O) groups excluding carboxylic acids is 2. The van der Waals surface area contributed by atoms with Crippen LogP contribution in [0.4, 0.5) is 11.4 Å². The van der Waals surface area contributed by atoms with Crippen molar-refractivity contribution in [2.75, 3.05) is 24.2 Å². The van der Waals surface area contributed by atoms with Crippen molar-refractivity contribution in [2.45, 2.75) is 32.9 Å². The van der Waals surface area contributed by atoms with Gasteiger partial charge in [-0.1, -0.05) is 66.2 Å². The Morgan fingerprint density at radius 3 is 2.18 bits per heavy atom. The van der Waals surface area contributed by atoms with Crippen LogP contribution < -0.4 is 9.62 Å². The standard InChI is InChI=1S/C28H32N4O6S/c1-20-10-13-23(14-11-20)18-30(26(28(34)29-3)16-22-8-6-5-7-9-22)27(33)19-31(39(4,37)38)25-17-24(32(35)36)15-12-21(25)2/h5-15,17,26H,16,18-19H2,1-4H3,(H,29,34). The van der Waals surface area contributed by atoms with Gasteiger partial charge in [0, 0.05) is 32.1 Å². The highest BCUT2D eigenvalue weighted by atomic mass is 32.2. The molecule has 11 heteroatoms. The lowest BCUT2D eigenvalue weighted by Crippen LogP contribution is -2.53. The van der Waals surface area contributed by atoms with Gasteiger partial charge in [0.25, 0.3) is 5.69 Å². The Morgan fingerprint density at radius 2 is 1.62 bits per heavy atom. The molecule has 0 aliphatic rings. The van der Waals surface area contributed by atoms with Crippen molar-refractivity contribution in [1.82, 2.24) is 10.2 Å². The molecule has 0 bridgehead atoms. The van der Waals surface area contributed by atoms with Gasteiger partial charge in [-0.05, 0) is 30.5 Å². The Hall–Kier alpha value is -4.25. The Balaban J connectivity index is 2.07. The van der Waals surface area contributed by atoms with E-state index in [2.05, 4.69) is 5.32 Å². The largest absolute Gasteiger partial charge is 0.357 e. The zero-order chi connectivity index (χ0) is 28.7. The minimum atomic E-state index is -4.04. The number of nitrogens with one attached hydrogen (secondary N) is 1. The highest BCUT2D eigenvalue weighted by Gasteiger charge is 2.33. The van der Waals surface area contributed by atoms with Gasteiger partial charge in [-0.15, -0.1) is 0 Å². The summed E-state index contributed by atoms with van der Waals surface area (Å²) in [6, 6.07) is 19.6. The smallest absolute Gasteiger partial charge is 0.271 e. The van der Waals surface area contributed by atoms with Gasteiger partial charge in [0.05, 0.1) is 16.9 Å². The number of anilines is 1. The predicted octanol–water partition coefficient (Wildman–Crippen LogP) is 3.36. The number of aryl methyl sites for hydroxylation is 2. The summed E-state index contributed by atoms with van der Waals surface area (Å²) in [5, 5.41) is 14.0. The normalized spacial score (nSPS) is 11.9. The Morgan fingerprint density at radius 1 is 0.974 bits per heavy atom. The van der Waals surface area contributed by atoms with E-state index in [1.165, 1.54) is 24.1 Å². The lowest BCUT2D eigenvalue weighted by molar-refractivity contribution is -0.384. The molecule has 0 aliphatic heterocycles. The highest BCUT2D eigenvalue weighted by molar-refractivity contribution is 7.92. The van der Waals surface area contributed by atoms with E-state index in [9.17, 15) is 28.1 Å². The van der Waals surface area contributed by atoms with Crippen LogP contribution in [0.3, 0.4) is 0 Å². The summed E-state index contributed by atoms with van der Waals surface area (Å²) in [7, 11) is -2.56. The van der Waals surface area contributed by atoms with Gasteiger partial charge >= 0.3 is 0 Å². The number of nitro groups is 1. The van der Waals surface area contributed by atoms with E-state index in [4.69, 9.17) is 0 Å². The molecule has 0 heterocycles. The zero-order valence-electron chi connectivity index (χ0n) is 22.3. The molecule has 0 aliphatic carbocycles. The maximum Gasteiger partial charge on any atom is 0.271 e. The van der Waals surface area contributed by atoms with Crippen LogP contribution in [0.2, 0.25) is 0 Å². The van der Waals surface area contributed by atoms with Crippen LogP contribution in [-0.4, -0.2) is 55.9 Å². The lowest BCUT2D eigenvalue weighted by Gasteiger charge is -2.33. The molecule has 0 spiro atoms. The van der Waals surface area contributed by atoms with Crippen molar-refractivity contribution < 1.29 is 22.9 Å². The van der Waals surface area contributed by atoms with Crippen LogP contribution in [0.1, 0.15) is 22.3 Å². The highest BCUT2D eigenvalue weighted by Crippen LogP contribution is 2.28. The first kappa shape index (κ1) is 29.3. The van der Waals surface area contributed by atoms with Crippen molar-refractivity contribution in [2.24, 2.45) is 0 Å². The maximum atomic E-state index is 13.9. The van der Waals surface area contributed by atoms with E-state index < -0.39 is 39.3 Å². The van der Waals surface area contributed by atoms with Gasteiger partial charge < -0.3 is 10.2 Å². The van der Waals surface area contributed by atoms with Gasteiger partial charge in [-0.25, -0.2) is 8.42 Å². The van der Waals surface area contributed by atoms with Gasteiger partial charge in [-0.3, -0.25) is 24.0 Å². The molecule has 3 rings (SSSR count). The topological polar surface area (TPSA) is 130 Å². The number of nitro benzene ring substituents is 1. The number of carbonyl (C=O) groups is 2. The van der Waals surface area contributed by atoms with E-state index in [1.54, 1.807) is 6.92 Å². The molecule has 1 unspecified atom stereocenters. The monoisotopic (exact) mass is 552 g/mol. The predicted molar refractivity (Wildman–Crippen MR) is 150 cm³/mol. The van der Waals surface area contributed by atoms with Gasteiger partial charge in [-0.2, -0.15) is 0 Å².